The average Bonchev–Trinajstić information content (AvgIpc) is 2.91. The van der Waals surface area contributed by atoms with Crippen molar-refractivity contribution < 1.29 is 10.1 Å². The molecule has 1 heterocycles. The lowest BCUT2D eigenvalue weighted by Crippen LogP contribution is -2.83. The van der Waals surface area contributed by atoms with Crippen LogP contribution in [0, 0.1) is 0 Å². The second-order valence-corrected chi connectivity index (χ2v) is 5.52. The number of tetrazole rings is 1. The highest BCUT2D eigenvalue weighted by atomic mass is 32.2. The Morgan fingerprint density at radius 3 is 3.14 bits per heavy atom. The van der Waals surface area contributed by atoms with Crippen molar-refractivity contribution in [2.75, 3.05) is 18.9 Å². The predicted molar refractivity (Wildman–Crippen MR) is 82.2 cm³/mol. The molecule has 2 aromatic rings. The predicted octanol–water partition coefficient (Wildman–Crippen LogP) is 0.631. The summed E-state index contributed by atoms with van der Waals surface area (Å²) < 4.78 is 7.21. The highest BCUT2D eigenvalue weighted by Crippen LogP contribution is 2.12. The molecule has 1 aromatic heterocycles. The zero-order valence-electron chi connectivity index (χ0n) is 12.1. The van der Waals surface area contributed by atoms with Crippen molar-refractivity contribution in [2.45, 2.75) is 11.7 Å². The van der Waals surface area contributed by atoms with Crippen molar-refractivity contribution in [2.24, 2.45) is 7.05 Å². The Labute approximate surface area is 128 Å². The molecule has 0 fully saturated rings. The van der Waals surface area contributed by atoms with E-state index in [1.165, 1.54) is 5.56 Å². The normalized spacial score (nSPS) is 10.5. The molecule has 112 valence electrons. The zero-order valence-corrected chi connectivity index (χ0v) is 12.9. The number of hydrogen-bond donors (Lipinski definition) is 1. The van der Waals surface area contributed by atoms with Gasteiger partial charge >= 0.3 is 0 Å². The molecule has 0 unspecified atom stereocenters. The molecule has 7 heteroatoms. The summed E-state index contributed by atoms with van der Waals surface area (Å²) in [5.74, 6) is 1.86. The van der Waals surface area contributed by atoms with E-state index in [9.17, 15) is 0 Å². The molecule has 2 rings (SSSR count). The summed E-state index contributed by atoms with van der Waals surface area (Å²) in [4.78, 5) is 0. The van der Waals surface area contributed by atoms with Crippen LogP contribution in [0.4, 0.5) is 0 Å². The monoisotopic (exact) mass is 306 g/mol. The van der Waals surface area contributed by atoms with Crippen molar-refractivity contribution >= 4 is 11.8 Å². The van der Waals surface area contributed by atoms with Gasteiger partial charge < -0.3 is 10.1 Å². The first-order valence-electron chi connectivity index (χ1n) is 6.79. The molecular formula is C14H20N5OS+. The minimum absolute atomic E-state index is 0.537. The van der Waals surface area contributed by atoms with Gasteiger partial charge in [-0.3, -0.25) is 0 Å². The molecule has 0 saturated carbocycles. The molecule has 2 N–H and O–H groups in total. The van der Waals surface area contributed by atoms with Gasteiger partial charge in [0.05, 0.1) is 12.3 Å². The van der Waals surface area contributed by atoms with Crippen LogP contribution in [0.15, 0.2) is 42.1 Å². The molecule has 21 heavy (non-hydrogen) atoms. The van der Waals surface area contributed by atoms with Crippen molar-refractivity contribution in [3.05, 3.63) is 42.5 Å². The van der Waals surface area contributed by atoms with Crippen LogP contribution in [0.3, 0.4) is 0 Å². The van der Waals surface area contributed by atoms with Gasteiger partial charge in [-0.15, -0.1) is 5.10 Å². The maximum Gasteiger partial charge on any atom is 0.209 e. The Bertz CT molecular complexity index is 572. The second kappa shape index (κ2) is 8.43. The summed E-state index contributed by atoms with van der Waals surface area (Å²) in [5, 5.41) is 14.5. The molecular weight excluding hydrogens is 286 g/mol. The molecule has 0 spiro atoms. The number of benzene rings is 1. The van der Waals surface area contributed by atoms with Crippen molar-refractivity contribution in [1.82, 2.24) is 20.2 Å². The quantitative estimate of drug-likeness (QED) is 0.418. The van der Waals surface area contributed by atoms with Gasteiger partial charge in [0.15, 0.2) is 0 Å². The van der Waals surface area contributed by atoms with E-state index < -0.39 is 0 Å². The summed E-state index contributed by atoms with van der Waals surface area (Å²) in [5.41, 5.74) is 1.25. The number of aromatic nitrogens is 4. The summed E-state index contributed by atoms with van der Waals surface area (Å²) in [6.07, 6.45) is 1.75. The number of hydrogen-bond acceptors (Lipinski definition) is 5. The zero-order chi connectivity index (χ0) is 14.9. The summed E-state index contributed by atoms with van der Waals surface area (Å²) >= 11 is 1.66. The lowest BCUT2D eigenvalue weighted by atomic mass is 10.2. The summed E-state index contributed by atoms with van der Waals surface area (Å²) in [7, 11) is 1.85. The van der Waals surface area contributed by atoms with Crippen molar-refractivity contribution in [3.63, 3.8) is 0 Å². The van der Waals surface area contributed by atoms with Gasteiger partial charge in [-0.1, -0.05) is 36.5 Å². The number of ether oxygens (including phenoxy) is 1. The van der Waals surface area contributed by atoms with Gasteiger partial charge in [0.1, 0.15) is 18.9 Å². The van der Waals surface area contributed by atoms with Crippen LogP contribution >= 0.6 is 11.8 Å². The number of rotatable bonds is 9. The van der Waals surface area contributed by atoms with Gasteiger partial charge in [-0.2, -0.15) is 0 Å². The third kappa shape index (κ3) is 5.20. The molecule has 0 aliphatic carbocycles. The number of nitrogens with two attached hydrogens (primary N) is 1. The van der Waals surface area contributed by atoms with E-state index in [-0.39, 0.29) is 0 Å². The van der Waals surface area contributed by atoms with E-state index in [1.54, 1.807) is 22.5 Å². The standard InChI is InChI=1S/C14H19N5OS/c1-3-8-20-13-6-4-5-12(10-13)11-15-7-9-21-14-16-17-18-19(14)2/h3-6,10,15H,1,7-9,11H2,2H3/p+1. The third-order valence-electron chi connectivity index (χ3n) is 2.78. The van der Waals surface area contributed by atoms with Crippen LogP contribution in [-0.2, 0) is 13.6 Å². The Morgan fingerprint density at radius 2 is 2.38 bits per heavy atom. The molecule has 0 radical (unpaired) electrons. The van der Waals surface area contributed by atoms with E-state index in [2.05, 4.69) is 39.6 Å². The first-order chi connectivity index (χ1) is 10.3. The van der Waals surface area contributed by atoms with Crippen LogP contribution in [0.1, 0.15) is 5.56 Å². The van der Waals surface area contributed by atoms with E-state index >= 15 is 0 Å². The minimum Gasteiger partial charge on any atom is -0.490 e. The van der Waals surface area contributed by atoms with Gasteiger partial charge in [-0.05, 0) is 22.6 Å². The summed E-state index contributed by atoms with van der Waals surface area (Å²) in [6, 6.07) is 8.15. The van der Waals surface area contributed by atoms with Gasteiger partial charge in [0.25, 0.3) is 0 Å². The highest BCUT2D eigenvalue weighted by molar-refractivity contribution is 7.99. The molecule has 0 atom stereocenters. The second-order valence-electron chi connectivity index (χ2n) is 4.46. The smallest absolute Gasteiger partial charge is 0.209 e. The van der Waals surface area contributed by atoms with Crippen LogP contribution in [-0.4, -0.2) is 39.1 Å². The number of aryl methyl sites for hydroxylation is 1. The van der Waals surface area contributed by atoms with Crippen LogP contribution in [0.2, 0.25) is 0 Å². The van der Waals surface area contributed by atoms with Gasteiger partial charge in [0, 0.05) is 12.6 Å². The first-order valence-corrected chi connectivity index (χ1v) is 7.77. The Balaban J connectivity index is 1.68. The summed E-state index contributed by atoms with van der Waals surface area (Å²) in [6.45, 7) is 6.13. The molecule has 0 aliphatic rings. The molecule has 0 amide bonds. The third-order valence-corrected chi connectivity index (χ3v) is 3.82. The van der Waals surface area contributed by atoms with Crippen LogP contribution in [0.5, 0.6) is 5.75 Å². The van der Waals surface area contributed by atoms with E-state index in [1.807, 2.05) is 19.2 Å². The topological polar surface area (TPSA) is 69.4 Å². The number of quaternary nitrogens is 1. The van der Waals surface area contributed by atoms with Gasteiger partial charge in [0.2, 0.25) is 5.16 Å². The maximum atomic E-state index is 5.52. The Kier molecular flexibility index (Phi) is 6.23. The lowest BCUT2D eigenvalue weighted by molar-refractivity contribution is -0.666. The van der Waals surface area contributed by atoms with E-state index in [0.717, 1.165) is 29.7 Å². The number of thioether (sulfide) groups is 1. The van der Waals surface area contributed by atoms with Crippen LogP contribution in [0.25, 0.3) is 0 Å². The highest BCUT2D eigenvalue weighted by Gasteiger charge is 2.03. The van der Waals surface area contributed by atoms with Gasteiger partial charge in [-0.25, -0.2) is 4.68 Å². The molecule has 0 saturated heterocycles. The first kappa shape index (κ1) is 15.5. The van der Waals surface area contributed by atoms with Crippen LogP contribution < -0.4 is 10.1 Å². The Hall–Kier alpha value is -1.86. The van der Waals surface area contributed by atoms with Crippen molar-refractivity contribution in [3.8, 4) is 5.75 Å². The fraction of sp³-hybridized carbons (Fsp3) is 0.357. The van der Waals surface area contributed by atoms with E-state index in [4.69, 9.17) is 4.74 Å². The minimum atomic E-state index is 0.537. The van der Waals surface area contributed by atoms with Crippen molar-refractivity contribution in [1.29, 1.82) is 0 Å². The maximum absolute atomic E-state index is 5.52. The fourth-order valence-electron chi connectivity index (χ4n) is 1.76. The fourth-order valence-corrected chi connectivity index (χ4v) is 2.55. The molecule has 0 bridgehead atoms. The number of nitrogens with zero attached hydrogens (tertiary/aromatic N) is 4. The average molecular weight is 306 g/mol. The Morgan fingerprint density at radius 1 is 1.48 bits per heavy atom. The molecule has 0 aliphatic heterocycles. The SMILES string of the molecule is C=CCOc1cccc(C[NH2+]CCSc2nnnn2C)c1. The largest absolute Gasteiger partial charge is 0.490 e. The lowest BCUT2D eigenvalue weighted by Gasteiger charge is -2.06. The molecule has 6 nitrogen and oxygen atoms in total. The van der Waals surface area contributed by atoms with E-state index in [0.29, 0.717) is 6.61 Å². The molecule has 1 aromatic carbocycles.